The predicted octanol–water partition coefficient (Wildman–Crippen LogP) is 3.04. The van der Waals surface area contributed by atoms with Crippen molar-refractivity contribution in [3.8, 4) is 28.7 Å². The van der Waals surface area contributed by atoms with Crippen molar-refractivity contribution in [1.29, 1.82) is 0 Å². The fourth-order valence-corrected chi connectivity index (χ4v) is 3.60. The van der Waals surface area contributed by atoms with Crippen molar-refractivity contribution >= 4 is 11.6 Å². The molecule has 8 heteroatoms. The lowest BCUT2D eigenvalue weighted by Crippen LogP contribution is -2.25. The van der Waals surface area contributed by atoms with Gasteiger partial charge in [-0.05, 0) is 30.3 Å². The normalized spacial score (nSPS) is 18.2. The van der Waals surface area contributed by atoms with Crippen LogP contribution in [0.1, 0.15) is 18.2 Å². The molecule has 0 N–H and O–H groups in total. The van der Waals surface area contributed by atoms with Gasteiger partial charge in [-0.15, -0.1) is 0 Å². The van der Waals surface area contributed by atoms with Gasteiger partial charge >= 0.3 is 0 Å². The molecule has 148 valence electrons. The Morgan fingerprint density at radius 3 is 2.83 bits per heavy atom. The van der Waals surface area contributed by atoms with Crippen LogP contribution in [0, 0.1) is 0 Å². The van der Waals surface area contributed by atoms with E-state index in [1.54, 1.807) is 12.0 Å². The summed E-state index contributed by atoms with van der Waals surface area (Å²) in [5, 5.41) is 4.11. The molecule has 29 heavy (non-hydrogen) atoms. The largest absolute Gasteiger partial charge is 0.497 e. The Balaban J connectivity index is 1.36. The van der Waals surface area contributed by atoms with E-state index in [0.29, 0.717) is 55.1 Å². The van der Waals surface area contributed by atoms with E-state index in [9.17, 15) is 4.79 Å². The van der Waals surface area contributed by atoms with E-state index in [1.165, 1.54) is 0 Å². The van der Waals surface area contributed by atoms with Crippen molar-refractivity contribution in [2.45, 2.75) is 12.3 Å². The number of benzene rings is 2. The van der Waals surface area contributed by atoms with Gasteiger partial charge in [0, 0.05) is 36.2 Å². The number of ether oxygens (including phenoxy) is 3. The van der Waals surface area contributed by atoms with Gasteiger partial charge in [0.2, 0.25) is 5.91 Å². The number of rotatable bonds is 4. The molecule has 1 amide bonds. The van der Waals surface area contributed by atoms with Crippen LogP contribution >= 0.6 is 0 Å². The third-order valence-corrected chi connectivity index (χ3v) is 5.09. The summed E-state index contributed by atoms with van der Waals surface area (Å²) in [4.78, 5) is 18.9. The fraction of sp³-hybridized carbons (Fsp3) is 0.286. The Morgan fingerprint density at radius 1 is 1.10 bits per heavy atom. The van der Waals surface area contributed by atoms with Crippen LogP contribution in [0.4, 0.5) is 5.69 Å². The highest BCUT2D eigenvalue weighted by atomic mass is 16.6. The zero-order valence-electron chi connectivity index (χ0n) is 15.8. The Kier molecular flexibility index (Phi) is 4.31. The van der Waals surface area contributed by atoms with Gasteiger partial charge in [0.15, 0.2) is 17.3 Å². The molecule has 0 spiro atoms. The summed E-state index contributed by atoms with van der Waals surface area (Å²) >= 11 is 0. The number of aromatic nitrogens is 2. The van der Waals surface area contributed by atoms with E-state index >= 15 is 0 Å². The Morgan fingerprint density at radius 2 is 1.97 bits per heavy atom. The quantitative estimate of drug-likeness (QED) is 0.673. The maximum Gasteiger partial charge on any atom is 0.258 e. The summed E-state index contributed by atoms with van der Waals surface area (Å²) < 4.78 is 21.8. The first-order valence-corrected chi connectivity index (χ1v) is 9.39. The number of methoxy groups -OCH3 is 1. The van der Waals surface area contributed by atoms with Gasteiger partial charge in [0.1, 0.15) is 19.0 Å². The molecular weight excluding hydrogens is 374 g/mol. The number of hydrogen-bond donors (Lipinski definition) is 0. The second kappa shape index (κ2) is 7.12. The minimum atomic E-state index is -0.140. The molecular formula is C21H19N3O5. The summed E-state index contributed by atoms with van der Waals surface area (Å²) in [7, 11) is 1.61. The first-order valence-electron chi connectivity index (χ1n) is 9.39. The van der Waals surface area contributed by atoms with Crippen LogP contribution in [0.3, 0.4) is 0 Å². The number of nitrogens with zero attached hydrogens (tertiary/aromatic N) is 3. The van der Waals surface area contributed by atoms with Crippen molar-refractivity contribution in [3.05, 3.63) is 48.3 Å². The van der Waals surface area contributed by atoms with Crippen molar-refractivity contribution in [2.75, 3.05) is 31.8 Å². The topological polar surface area (TPSA) is 86.9 Å². The molecule has 2 aromatic carbocycles. The standard InChI is InChI=1S/C21H19N3O5/c1-26-16-4-2-3-13(9-16)21-22-20(23-29-21)14-10-19(25)24(12-14)15-5-6-17-18(11-15)28-8-7-27-17/h2-6,9,11,14H,7-8,10,12H2,1H3. The van der Waals surface area contributed by atoms with Crippen molar-refractivity contribution in [3.63, 3.8) is 0 Å². The number of amides is 1. The average molecular weight is 393 g/mol. The van der Waals surface area contributed by atoms with Gasteiger partial charge in [0.25, 0.3) is 5.89 Å². The average Bonchev–Trinajstić information content (AvgIpc) is 3.40. The fourth-order valence-electron chi connectivity index (χ4n) is 3.60. The van der Waals surface area contributed by atoms with Crippen LogP contribution in [0.2, 0.25) is 0 Å². The van der Waals surface area contributed by atoms with Crippen LogP contribution < -0.4 is 19.1 Å². The molecule has 1 fully saturated rings. The maximum atomic E-state index is 12.6. The van der Waals surface area contributed by atoms with E-state index in [0.717, 1.165) is 11.3 Å². The molecule has 0 saturated carbocycles. The lowest BCUT2D eigenvalue weighted by atomic mass is 10.1. The minimum absolute atomic E-state index is 0.0133. The molecule has 0 aliphatic carbocycles. The number of anilines is 1. The maximum absolute atomic E-state index is 12.6. The molecule has 1 atom stereocenters. The van der Waals surface area contributed by atoms with Gasteiger partial charge in [-0.2, -0.15) is 4.98 Å². The molecule has 8 nitrogen and oxygen atoms in total. The Bertz CT molecular complexity index is 1060. The molecule has 3 heterocycles. The highest BCUT2D eigenvalue weighted by molar-refractivity contribution is 5.96. The number of carbonyl (C=O) groups is 1. The Labute approximate surface area is 167 Å². The molecule has 5 rings (SSSR count). The first-order chi connectivity index (χ1) is 14.2. The number of carbonyl (C=O) groups excluding carboxylic acids is 1. The second-order valence-corrected chi connectivity index (χ2v) is 6.92. The number of fused-ring (bicyclic) bond motifs is 1. The summed E-state index contributed by atoms with van der Waals surface area (Å²) in [6.45, 7) is 1.52. The third-order valence-electron chi connectivity index (χ3n) is 5.09. The van der Waals surface area contributed by atoms with E-state index in [1.807, 2.05) is 42.5 Å². The third kappa shape index (κ3) is 3.26. The van der Waals surface area contributed by atoms with Gasteiger partial charge in [-0.1, -0.05) is 11.2 Å². The zero-order valence-corrected chi connectivity index (χ0v) is 15.8. The van der Waals surface area contributed by atoms with Crippen LogP contribution in [0.15, 0.2) is 47.0 Å². The van der Waals surface area contributed by atoms with Crippen molar-refractivity contribution in [1.82, 2.24) is 10.1 Å². The molecule has 1 saturated heterocycles. The van der Waals surface area contributed by atoms with Crippen molar-refractivity contribution < 1.29 is 23.5 Å². The minimum Gasteiger partial charge on any atom is -0.497 e. The summed E-state index contributed by atoms with van der Waals surface area (Å²) in [5.41, 5.74) is 1.55. The smallest absolute Gasteiger partial charge is 0.258 e. The van der Waals surface area contributed by atoms with Gasteiger partial charge in [-0.3, -0.25) is 4.79 Å². The summed E-state index contributed by atoms with van der Waals surface area (Å²) in [6.07, 6.45) is 0.325. The van der Waals surface area contributed by atoms with E-state index < -0.39 is 0 Å². The molecule has 0 radical (unpaired) electrons. The van der Waals surface area contributed by atoms with E-state index in [-0.39, 0.29) is 11.8 Å². The first kappa shape index (κ1) is 17.5. The van der Waals surface area contributed by atoms with Crippen LogP contribution in [-0.4, -0.2) is 42.9 Å². The zero-order chi connectivity index (χ0) is 19.8. The number of hydrogen-bond acceptors (Lipinski definition) is 7. The van der Waals surface area contributed by atoms with E-state index in [4.69, 9.17) is 18.7 Å². The molecule has 1 aromatic heterocycles. The van der Waals surface area contributed by atoms with Gasteiger partial charge < -0.3 is 23.6 Å². The van der Waals surface area contributed by atoms with Crippen molar-refractivity contribution in [2.24, 2.45) is 0 Å². The molecule has 2 aliphatic heterocycles. The SMILES string of the molecule is COc1cccc(-c2nc(C3CC(=O)N(c4ccc5c(c4)OCCO5)C3)no2)c1. The molecule has 2 aliphatic rings. The van der Waals surface area contributed by atoms with Crippen LogP contribution in [0.25, 0.3) is 11.5 Å². The lowest BCUT2D eigenvalue weighted by molar-refractivity contribution is -0.117. The second-order valence-electron chi connectivity index (χ2n) is 6.92. The lowest BCUT2D eigenvalue weighted by Gasteiger charge is -2.22. The highest BCUT2D eigenvalue weighted by Gasteiger charge is 2.35. The van der Waals surface area contributed by atoms with Gasteiger partial charge in [0.05, 0.1) is 7.11 Å². The molecule has 0 bridgehead atoms. The predicted molar refractivity (Wildman–Crippen MR) is 103 cm³/mol. The molecule has 3 aromatic rings. The summed E-state index contributed by atoms with van der Waals surface area (Å²) in [5.74, 6) is 2.87. The molecule has 1 unspecified atom stereocenters. The van der Waals surface area contributed by atoms with Crippen LogP contribution in [-0.2, 0) is 4.79 Å². The highest BCUT2D eigenvalue weighted by Crippen LogP contribution is 2.37. The van der Waals surface area contributed by atoms with E-state index in [2.05, 4.69) is 10.1 Å². The monoisotopic (exact) mass is 393 g/mol. The Hall–Kier alpha value is -3.55. The van der Waals surface area contributed by atoms with Gasteiger partial charge in [-0.25, -0.2) is 0 Å². The van der Waals surface area contributed by atoms with Crippen LogP contribution in [0.5, 0.6) is 17.2 Å². The summed E-state index contributed by atoms with van der Waals surface area (Å²) in [6, 6.07) is 13.0.